The molecule has 3 N–H and O–H groups in total. The lowest BCUT2D eigenvalue weighted by Gasteiger charge is -2.05. The summed E-state index contributed by atoms with van der Waals surface area (Å²) in [7, 11) is 0. The average molecular weight is 393 g/mol. The summed E-state index contributed by atoms with van der Waals surface area (Å²) in [5.41, 5.74) is 9.14. The summed E-state index contributed by atoms with van der Waals surface area (Å²) in [5, 5.41) is 3.08. The van der Waals surface area contributed by atoms with Crippen LogP contribution in [0.3, 0.4) is 0 Å². The van der Waals surface area contributed by atoms with Crippen molar-refractivity contribution in [1.82, 2.24) is 0 Å². The molecular weight excluding hydrogens is 373 g/mol. The van der Waals surface area contributed by atoms with E-state index < -0.39 is 0 Å². The van der Waals surface area contributed by atoms with E-state index in [2.05, 4.69) is 22.4 Å². The number of guanidine groups is 1. The predicted molar refractivity (Wildman–Crippen MR) is 102 cm³/mol. The number of nitrogens with zero attached hydrogens (tertiary/aromatic N) is 1. The zero-order chi connectivity index (χ0) is 14.2. The molecule has 0 spiro atoms. The van der Waals surface area contributed by atoms with Crippen LogP contribution in [0.1, 0.15) is 11.1 Å². The molecule has 0 saturated heterocycles. The Labute approximate surface area is 143 Å². The number of hydrogen-bond acceptors (Lipinski definition) is 1. The molecule has 2 aromatic rings. The molecular formula is C17H20IN3. The summed E-state index contributed by atoms with van der Waals surface area (Å²) in [6.45, 7) is 2.60. The first kappa shape index (κ1) is 17.2. The number of hydrogen-bond donors (Lipinski definition) is 2. The van der Waals surface area contributed by atoms with Gasteiger partial charge in [-0.25, -0.2) is 4.99 Å². The first-order valence-electron chi connectivity index (χ1n) is 6.59. The Morgan fingerprint density at radius 1 is 1.14 bits per heavy atom. The number of nitrogens with one attached hydrogen (secondary N) is 1. The fraction of sp³-hybridized carbons (Fsp3) is 0.118. The Balaban J connectivity index is 0.00000220. The molecule has 0 saturated carbocycles. The zero-order valence-electron chi connectivity index (χ0n) is 12.0. The molecule has 2 aromatic carbocycles. The maximum Gasteiger partial charge on any atom is 0.193 e. The molecule has 0 aliphatic carbocycles. The van der Waals surface area contributed by atoms with E-state index in [1.807, 2.05) is 61.5 Å². The molecule has 2 rings (SSSR count). The molecule has 4 heteroatoms. The second-order valence-electron chi connectivity index (χ2n) is 4.53. The summed E-state index contributed by atoms with van der Waals surface area (Å²) in [4.78, 5) is 4.26. The molecule has 0 unspecified atom stereocenters. The second kappa shape index (κ2) is 9.18. The van der Waals surface area contributed by atoms with Crippen LogP contribution in [0.25, 0.3) is 6.08 Å². The van der Waals surface area contributed by atoms with Gasteiger partial charge in [0.25, 0.3) is 0 Å². The molecule has 0 heterocycles. The van der Waals surface area contributed by atoms with E-state index in [-0.39, 0.29) is 24.0 Å². The fourth-order valence-corrected chi connectivity index (χ4v) is 1.81. The van der Waals surface area contributed by atoms with Crippen molar-refractivity contribution in [3.05, 3.63) is 71.8 Å². The predicted octanol–water partition coefficient (Wildman–Crippen LogP) is 4.05. The first-order valence-corrected chi connectivity index (χ1v) is 6.59. The number of aryl methyl sites for hydroxylation is 1. The minimum Gasteiger partial charge on any atom is -0.370 e. The van der Waals surface area contributed by atoms with Gasteiger partial charge in [0.05, 0.1) is 6.54 Å². The van der Waals surface area contributed by atoms with Crippen LogP contribution >= 0.6 is 24.0 Å². The fourth-order valence-electron chi connectivity index (χ4n) is 1.81. The smallest absolute Gasteiger partial charge is 0.193 e. The van der Waals surface area contributed by atoms with Gasteiger partial charge in [0, 0.05) is 5.69 Å². The van der Waals surface area contributed by atoms with Crippen molar-refractivity contribution in [2.45, 2.75) is 6.92 Å². The topological polar surface area (TPSA) is 50.4 Å². The molecule has 3 nitrogen and oxygen atoms in total. The average Bonchev–Trinajstić information content (AvgIpc) is 2.45. The van der Waals surface area contributed by atoms with Gasteiger partial charge in [0.1, 0.15) is 0 Å². The Morgan fingerprint density at radius 2 is 1.90 bits per heavy atom. The normalized spacial score (nSPS) is 11.2. The number of aliphatic imine (C=N–C) groups is 1. The van der Waals surface area contributed by atoms with Crippen LogP contribution in [-0.4, -0.2) is 12.5 Å². The maximum absolute atomic E-state index is 5.84. The quantitative estimate of drug-likeness (QED) is 0.468. The number of benzene rings is 2. The van der Waals surface area contributed by atoms with Gasteiger partial charge < -0.3 is 11.1 Å². The van der Waals surface area contributed by atoms with E-state index in [1.165, 1.54) is 5.56 Å². The van der Waals surface area contributed by atoms with E-state index in [0.29, 0.717) is 12.5 Å². The molecule has 0 atom stereocenters. The minimum atomic E-state index is 0. The monoisotopic (exact) mass is 393 g/mol. The van der Waals surface area contributed by atoms with E-state index in [9.17, 15) is 0 Å². The molecule has 0 aliphatic heterocycles. The number of halogens is 1. The molecule has 0 fully saturated rings. The molecule has 21 heavy (non-hydrogen) atoms. The molecule has 0 aromatic heterocycles. The van der Waals surface area contributed by atoms with Crippen molar-refractivity contribution in [2.75, 3.05) is 11.9 Å². The highest BCUT2D eigenvalue weighted by Gasteiger charge is 1.94. The standard InChI is InChI=1S/C17H19N3.HI/c1-14-7-5-11-16(13-14)20-17(18)19-12-6-10-15-8-3-2-4-9-15;/h2-11,13H,12H2,1H3,(H3,18,19,20);1H. The van der Waals surface area contributed by atoms with Gasteiger partial charge in [-0.15, -0.1) is 24.0 Å². The van der Waals surface area contributed by atoms with Gasteiger partial charge in [0.2, 0.25) is 0 Å². The SMILES string of the molecule is Cc1cccc(NC(N)=NCC=Cc2ccccc2)c1.I. The van der Waals surface area contributed by atoms with Crippen molar-refractivity contribution >= 4 is 41.7 Å². The number of nitrogens with two attached hydrogens (primary N) is 1. The molecule has 0 amide bonds. The maximum atomic E-state index is 5.84. The Hall–Kier alpha value is -1.82. The van der Waals surface area contributed by atoms with E-state index >= 15 is 0 Å². The van der Waals surface area contributed by atoms with Crippen LogP contribution in [0.5, 0.6) is 0 Å². The summed E-state index contributed by atoms with van der Waals surface area (Å²) in [6.07, 6.45) is 4.02. The second-order valence-corrected chi connectivity index (χ2v) is 4.53. The Bertz CT molecular complexity index is 606. The number of anilines is 1. The summed E-state index contributed by atoms with van der Waals surface area (Å²) in [5.74, 6) is 0.424. The third kappa shape index (κ3) is 6.44. The van der Waals surface area contributed by atoms with Gasteiger partial charge in [0.15, 0.2) is 5.96 Å². The van der Waals surface area contributed by atoms with Crippen molar-refractivity contribution in [2.24, 2.45) is 10.7 Å². The van der Waals surface area contributed by atoms with Crippen LogP contribution in [0, 0.1) is 6.92 Å². The summed E-state index contributed by atoms with van der Waals surface area (Å²) in [6, 6.07) is 18.1. The molecule has 110 valence electrons. The summed E-state index contributed by atoms with van der Waals surface area (Å²) >= 11 is 0. The van der Waals surface area contributed by atoms with E-state index in [4.69, 9.17) is 5.73 Å². The number of rotatable bonds is 4. The molecule has 0 radical (unpaired) electrons. The molecule has 0 bridgehead atoms. The highest BCUT2D eigenvalue weighted by atomic mass is 127. The van der Waals surface area contributed by atoms with Crippen LogP contribution in [-0.2, 0) is 0 Å². The van der Waals surface area contributed by atoms with Crippen LogP contribution < -0.4 is 11.1 Å². The van der Waals surface area contributed by atoms with Gasteiger partial charge in [-0.05, 0) is 30.2 Å². The lowest BCUT2D eigenvalue weighted by atomic mass is 10.2. The van der Waals surface area contributed by atoms with Crippen molar-refractivity contribution in [3.63, 3.8) is 0 Å². The Kier molecular flexibility index (Phi) is 7.53. The third-order valence-electron chi connectivity index (χ3n) is 2.77. The van der Waals surface area contributed by atoms with Crippen LogP contribution in [0.2, 0.25) is 0 Å². The minimum absolute atomic E-state index is 0. The third-order valence-corrected chi connectivity index (χ3v) is 2.77. The lowest BCUT2D eigenvalue weighted by Crippen LogP contribution is -2.22. The van der Waals surface area contributed by atoms with Crippen molar-refractivity contribution in [1.29, 1.82) is 0 Å². The lowest BCUT2D eigenvalue weighted by molar-refractivity contribution is 1.23. The Morgan fingerprint density at radius 3 is 2.62 bits per heavy atom. The summed E-state index contributed by atoms with van der Waals surface area (Å²) < 4.78 is 0. The van der Waals surface area contributed by atoms with Gasteiger partial charge in [-0.3, -0.25) is 0 Å². The van der Waals surface area contributed by atoms with Gasteiger partial charge in [-0.2, -0.15) is 0 Å². The largest absolute Gasteiger partial charge is 0.370 e. The van der Waals surface area contributed by atoms with Crippen LogP contribution in [0.15, 0.2) is 65.7 Å². The van der Waals surface area contributed by atoms with Crippen molar-refractivity contribution < 1.29 is 0 Å². The van der Waals surface area contributed by atoms with Crippen LogP contribution in [0.4, 0.5) is 5.69 Å². The first-order chi connectivity index (χ1) is 9.74. The van der Waals surface area contributed by atoms with Gasteiger partial charge >= 0.3 is 0 Å². The molecule has 0 aliphatic rings. The highest BCUT2D eigenvalue weighted by Crippen LogP contribution is 2.08. The van der Waals surface area contributed by atoms with E-state index in [0.717, 1.165) is 11.3 Å². The van der Waals surface area contributed by atoms with E-state index in [1.54, 1.807) is 0 Å². The zero-order valence-corrected chi connectivity index (χ0v) is 14.3. The highest BCUT2D eigenvalue weighted by molar-refractivity contribution is 14.0. The van der Waals surface area contributed by atoms with Gasteiger partial charge in [-0.1, -0.05) is 54.6 Å². The van der Waals surface area contributed by atoms with Crippen molar-refractivity contribution in [3.8, 4) is 0 Å².